The van der Waals surface area contributed by atoms with E-state index >= 15 is 0 Å². The lowest BCUT2D eigenvalue weighted by Gasteiger charge is -2.22. The quantitative estimate of drug-likeness (QED) is 0.659. The van der Waals surface area contributed by atoms with Crippen molar-refractivity contribution < 1.29 is 9.18 Å². The lowest BCUT2D eigenvalue weighted by Crippen LogP contribution is -2.30. The molecule has 5 nitrogen and oxygen atoms in total. The van der Waals surface area contributed by atoms with Gasteiger partial charge in [-0.1, -0.05) is 6.07 Å². The number of aromatic nitrogens is 3. The molecule has 2 aromatic heterocycles. The minimum Gasteiger partial charge on any atom is -0.307 e. The highest BCUT2D eigenvalue weighted by Gasteiger charge is 2.16. The van der Waals surface area contributed by atoms with Gasteiger partial charge in [0.05, 0.1) is 6.54 Å². The zero-order chi connectivity index (χ0) is 16.8. The summed E-state index contributed by atoms with van der Waals surface area (Å²) >= 11 is 1.60. The van der Waals surface area contributed by atoms with Crippen LogP contribution in [0, 0.1) is 5.82 Å². The molecule has 2 heterocycles. The number of thiophene rings is 1. The summed E-state index contributed by atoms with van der Waals surface area (Å²) in [6, 6.07) is 9.97. The summed E-state index contributed by atoms with van der Waals surface area (Å²) in [7, 11) is 0. The minimum atomic E-state index is -0.312. The first-order chi connectivity index (χ1) is 11.7. The van der Waals surface area contributed by atoms with Crippen molar-refractivity contribution in [3.8, 4) is 0 Å². The van der Waals surface area contributed by atoms with Gasteiger partial charge in [-0.25, -0.2) is 9.37 Å². The third-order valence-electron chi connectivity index (χ3n) is 3.58. The van der Waals surface area contributed by atoms with Crippen molar-refractivity contribution in [1.29, 1.82) is 0 Å². The fourth-order valence-electron chi connectivity index (χ4n) is 2.38. The Morgan fingerprint density at radius 3 is 2.75 bits per heavy atom. The Morgan fingerprint density at radius 1 is 1.25 bits per heavy atom. The Bertz CT molecular complexity index is 757. The maximum Gasteiger partial charge on any atom is 0.227 e. The van der Waals surface area contributed by atoms with Crippen LogP contribution in [0.4, 0.5) is 10.1 Å². The van der Waals surface area contributed by atoms with E-state index < -0.39 is 0 Å². The number of anilines is 1. The molecule has 3 rings (SSSR count). The lowest BCUT2D eigenvalue weighted by molar-refractivity contribution is -0.118. The van der Waals surface area contributed by atoms with Gasteiger partial charge in [0.15, 0.2) is 0 Å². The average molecular weight is 344 g/mol. The van der Waals surface area contributed by atoms with Gasteiger partial charge in [0, 0.05) is 23.5 Å². The predicted octanol–water partition coefficient (Wildman–Crippen LogP) is 3.49. The SMILES string of the molecule is O=C(CCCn1cncn1)N(Cc1cccs1)c1ccc(F)cc1. The Balaban J connectivity index is 1.68. The van der Waals surface area contributed by atoms with Crippen LogP contribution in [0.15, 0.2) is 54.4 Å². The highest BCUT2D eigenvalue weighted by atomic mass is 32.1. The Hall–Kier alpha value is -2.54. The number of aryl methyl sites for hydroxylation is 1. The number of rotatable bonds is 7. The molecule has 1 amide bonds. The maximum atomic E-state index is 13.2. The molecule has 0 N–H and O–H groups in total. The molecule has 0 bridgehead atoms. The molecule has 24 heavy (non-hydrogen) atoms. The summed E-state index contributed by atoms with van der Waals surface area (Å²) in [6.07, 6.45) is 4.17. The van der Waals surface area contributed by atoms with Gasteiger partial charge in [-0.3, -0.25) is 9.48 Å². The molecule has 0 spiro atoms. The Morgan fingerprint density at radius 2 is 2.08 bits per heavy atom. The predicted molar refractivity (Wildman–Crippen MR) is 91.2 cm³/mol. The molecule has 0 fully saturated rings. The highest BCUT2D eigenvalue weighted by Crippen LogP contribution is 2.21. The van der Waals surface area contributed by atoms with Crippen LogP contribution in [0.2, 0.25) is 0 Å². The molecule has 3 aromatic rings. The molecular weight excluding hydrogens is 327 g/mol. The smallest absolute Gasteiger partial charge is 0.227 e. The Labute approximate surface area is 143 Å². The number of amides is 1. The number of carbonyl (C=O) groups excluding carboxylic acids is 1. The fourth-order valence-corrected chi connectivity index (χ4v) is 3.07. The number of halogens is 1. The molecule has 0 saturated carbocycles. The van der Waals surface area contributed by atoms with E-state index in [-0.39, 0.29) is 11.7 Å². The van der Waals surface area contributed by atoms with Crippen LogP contribution >= 0.6 is 11.3 Å². The van der Waals surface area contributed by atoms with E-state index in [0.29, 0.717) is 31.6 Å². The first-order valence-electron chi connectivity index (χ1n) is 7.63. The molecule has 0 aliphatic heterocycles. The summed E-state index contributed by atoms with van der Waals surface area (Å²) in [4.78, 5) is 19.3. The zero-order valence-corrected chi connectivity index (χ0v) is 13.8. The first-order valence-corrected chi connectivity index (χ1v) is 8.51. The van der Waals surface area contributed by atoms with Crippen molar-refractivity contribution in [2.45, 2.75) is 25.9 Å². The van der Waals surface area contributed by atoms with Gasteiger partial charge in [0.25, 0.3) is 0 Å². The third-order valence-corrected chi connectivity index (χ3v) is 4.44. The van der Waals surface area contributed by atoms with Crippen molar-refractivity contribution in [2.24, 2.45) is 0 Å². The van der Waals surface area contributed by atoms with Gasteiger partial charge >= 0.3 is 0 Å². The van der Waals surface area contributed by atoms with E-state index in [1.807, 2.05) is 17.5 Å². The maximum absolute atomic E-state index is 13.2. The van der Waals surface area contributed by atoms with Gasteiger partial charge in [-0.05, 0) is 42.1 Å². The molecule has 0 radical (unpaired) electrons. The summed E-state index contributed by atoms with van der Waals surface area (Å²) in [5, 5.41) is 6.01. The van der Waals surface area contributed by atoms with E-state index in [1.165, 1.54) is 18.5 Å². The van der Waals surface area contributed by atoms with Crippen LogP contribution in [0.3, 0.4) is 0 Å². The molecule has 0 saturated heterocycles. The van der Waals surface area contributed by atoms with Gasteiger partial charge in [-0.15, -0.1) is 11.3 Å². The third kappa shape index (κ3) is 4.26. The molecule has 0 unspecified atom stereocenters. The van der Waals surface area contributed by atoms with Gasteiger partial charge in [0.1, 0.15) is 18.5 Å². The molecule has 0 aliphatic carbocycles. The van der Waals surface area contributed by atoms with Crippen LogP contribution in [0.1, 0.15) is 17.7 Å². The van der Waals surface area contributed by atoms with E-state index in [0.717, 1.165) is 4.88 Å². The van der Waals surface area contributed by atoms with E-state index in [9.17, 15) is 9.18 Å². The van der Waals surface area contributed by atoms with E-state index in [2.05, 4.69) is 10.1 Å². The largest absolute Gasteiger partial charge is 0.307 e. The Kier molecular flexibility index (Phi) is 5.32. The number of nitrogens with zero attached hydrogens (tertiary/aromatic N) is 4. The van der Waals surface area contributed by atoms with Crippen molar-refractivity contribution >= 4 is 22.9 Å². The average Bonchev–Trinajstić information content (AvgIpc) is 3.27. The van der Waals surface area contributed by atoms with Crippen LogP contribution in [0.25, 0.3) is 0 Å². The van der Waals surface area contributed by atoms with Crippen molar-refractivity contribution in [3.05, 3.63) is 65.1 Å². The topological polar surface area (TPSA) is 51.0 Å². The molecular formula is C17H17FN4OS. The van der Waals surface area contributed by atoms with E-state index in [4.69, 9.17) is 0 Å². The second-order valence-corrected chi connectivity index (χ2v) is 6.33. The van der Waals surface area contributed by atoms with E-state index in [1.54, 1.807) is 39.4 Å². The molecule has 0 atom stereocenters. The molecule has 7 heteroatoms. The van der Waals surface area contributed by atoms with Crippen molar-refractivity contribution in [2.75, 3.05) is 4.90 Å². The number of benzene rings is 1. The summed E-state index contributed by atoms with van der Waals surface area (Å²) in [5.41, 5.74) is 0.704. The minimum absolute atomic E-state index is 0.00937. The van der Waals surface area contributed by atoms with Crippen LogP contribution < -0.4 is 4.90 Å². The first kappa shape index (κ1) is 16.3. The molecule has 1 aromatic carbocycles. The van der Waals surface area contributed by atoms with Gasteiger partial charge < -0.3 is 4.90 Å². The summed E-state index contributed by atoms with van der Waals surface area (Å²) in [6.45, 7) is 1.13. The molecule has 0 aliphatic rings. The second kappa shape index (κ2) is 7.83. The highest BCUT2D eigenvalue weighted by molar-refractivity contribution is 7.09. The zero-order valence-electron chi connectivity index (χ0n) is 13.0. The second-order valence-electron chi connectivity index (χ2n) is 5.30. The number of carbonyl (C=O) groups is 1. The van der Waals surface area contributed by atoms with Crippen molar-refractivity contribution in [3.63, 3.8) is 0 Å². The molecule has 124 valence electrons. The normalized spacial score (nSPS) is 10.7. The summed E-state index contributed by atoms with van der Waals surface area (Å²) < 4.78 is 14.9. The van der Waals surface area contributed by atoms with Crippen LogP contribution in [-0.2, 0) is 17.9 Å². The lowest BCUT2D eigenvalue weighted by atomic mass is 10.2. The van der Waals surface area contributed by atoms with Crippen LogP contribution in [0.5, 0.6) is 0 Å². The monoisotopic (exact) mass is 344 g/mol. The van der Waals surface area contributed by atoms with Gasteiger partial charge in [0.2, 0.25) is 5.91 Å². The standard InChI is InChI=1S/C17H17FN4OS/c18-14-5-7-15(8-6-14)22(11-16-3-2-10-24-16)17(23)4-1-9-21-13-19-12-20-21/h2-3,5-8,10,12-13H,1,4,9,11H2. The van der Waals surface area contributed by atoms with Crippen molar-refractivity contribution in [1.82, 2.24) is 14.8 Å². The fraction of sp³-hybridized carbons (Fsp3) is 0.235. The van der Waals surface area contributed by atoms with Gasteiger partial charge in [-0.2, -0.15) is 5.10 Å². The van der Waals surface area contributed by atoms with Crippen LogP contribution in [-0.4, -0.2) is 20.7 Å². The number of hydrogen-bond acceptors (Lipinski definition) is 4. The summed E-state index contributed by atoms with van der Waals surface area (Å²) in [5.74, 6) is -0.302. The number of hydrogen-bond donors (Lipinski definition) is 0.